The van der Waals surface area contributed by atoms with Gasteiger partial charge in [-0.3, -0.25) is 0 Å². The molecule has 4 heteroatoms. The molecule has 0 unspecified atom stereocenters. The molecule has 120 valence electrons. The molecule has 1 aliphatic rings. The van der Waals surface area contributed by atoms with Crippen molar-refractivity contribution in [2.24, 2.45) is 5.92 Å². The molecule has 22 heavy (non-hydrogen) atoms. The Morgan fingerprint density at radius 2 is 1.82 bits per heavy atom. The van der Waals surface area contributed by atoms with E-state index in [0.29, 0.717) is 5.92 Å². The number of carbonyl (C=O) groups is 1. The molecule has 0 aliphatic carbocycles. The van der Waals surface area contributed by atoms with Crippen molar-refractivity contribution < 1.29 is 9.53 Å². The first-order chi connectivity index (χ1) is 10.3. The van der Waals surface area contributed by atoms with Gasteiger partial charge >= 0.3 is 6.09 Å². The summed E-state index contributed by atoms with van der Waals surface area (Å²) in [4.78, 5) is 13.8. The molecular weight excluding hydrogens is 298 g/mol. The number of ether oxygens (including phenoxy) is 1. The van der Waals surface area contributed by atoms with Crippen LogP contribution in [0.1, 0.15) is 39.2 Å². The predicted molar refractivity (Wildman–Crippen MR) is 91.0 cm³/mol. The van der Waals surface area contributed by atoms with E-state index in [1.54, 1.807) is 4.90 Å². The summed E-state index contributed by atoms with van der Waals surface area (Å²) in [5.41, 5.74) is 0.724. The molecule has 1 aliphatic heterocycles. The van der Waals surface area contributed by atoms with Gasteiger partial charge in [-0.25, -0.2) is 4.79 Å². The van der Waals surface area contributed by atoms with Gasteiger partial charge in [0.15, 0.2) is 0 Å². The lowest BCUT2D eigenvalue weighted by molar-refractivity contribution is 0.0197. The van der Waals surface area contributed by atoms with Crippen molar-refractivity contribution in [1.29, 1.82) is 0 Å². The van der Waals surface area contributed by atoms with Crippen molar-refractivity contribution >= 4 is 23.8 Å². The molecule has 1 heterocycles. The predicted octanol–water partition coefficient (Wildman–Crippen LogP) is 5.00. The molecule has 1 aromatic carbocycles. The maximum Gasteiger partial charge on any atom is 0.410 e. The number of benzene rings is 1. The summed E-state index contributed by atoms with van der Waals surface area (Å²) in [7, 11) is 0. The number of piperidine rings is 1. The summed E-state index contributed by atoms with van der Waals surface area (Å²) >= 11 is 5.88. The molecule has 0 aromatic heterocycles. The standard InChI is InChI=1S/C18H24ClNO2/c1-18(2,3)22-17(21)20-12-10-15(11-13-20)5-4-14-6-8-16(19)9-7-14/h4-9,15H,10-13H2,1-3H3/b5-4+. The van der Waals surface area contributed by atoms with Crippen LogP contribution in [0.2, 0.25) is 5.02 Å². The Labute approximate surface area is 137 Å². The number of hydrogen-bond donors (Lipinski definition) is 0. The SMILES string of the molecule is CC(C)(C)OC(=O)N1CCC(/C=C/c2ccc(Cl)cc2)CC1. The highest BCUT2D eigenvalue weighted by Gasteiger charge is 2.25. The van der Waals surface area contributed by atoms with Crippen molar-refractivity contribution in [2.75, 3.05) is 13.1 Å². The number of rotatable bonds is 2. The van der Waals surface area contributed by atoms with E-state index >= 15 is 0 Å². The largest absolute Gasteiger partial charge is 0.444 e. The third kappa shape index (κ3) is 5.38. The van der Waals surface area contributed by atoms with Crippen LogP contribution in [0.25, 0.3) is 6.08 Å². The van der Waals surface area contributed by atoms with Crippen LogP contribution < -0.4 is 0 Å². The van der Waals surface area contributed by atoms with E-state index in [1.165, 1.54) is 0 Å². The summed E-state index contributed by atoms with van der Waals surface area (Å²) in [6, 6.07) is 7.81. The van der Waals surface area contributed by atoms with Crippen LogP contribution in [0.4, 0.5) is 4.79 Å². The molecule has 0 bridgehead atoms. The average Bonchev–Trinajstić information content (AvgIpc) is 2.45. The van der Waals surface area contributed by atoms with Gasteiger partial charge < -0.3 is 9.64 Å². The van der Waals surface area contributed by atoms with Crippen LogP contribution in [-0.2, 0) is 4.74 Å². The molecule has 0 radical (unpaired) electrons. The minimum atomic E-state index is -0.428. The summed E-state index contributed by atoms with van der Waals surface area (Å²) in [6.07, 6.45) is 6.11. The zero-order chi connectivity index (χ0) is 16.2. The Kier molecular flexibility index (Phi) is 5.52. The first-order valence-electron chi connectivity index (χ1n) is 7.75. The van der Waals surface area contributed by atoms with E-state index in [9.17, 15) is 4.79 Å². The van der Waals surface area contributed by atoms with E-state index in [4.69, 9.17) is 16.3 Å². The Bertz CT molecular complexity index is 523. The van der Waals surface area contributed by atoms with Gasteiger partial charge in [0, 0.05) is 18.1 Å². The number of amides is 1. The molecule has 1 saturated heterocycles. The fourth-order valence-corrected chi connectivity index (χ4v) is 2.55. The van der Waals surface area contributed by atoms with Crippen molar-refractivity contribution in [1.82, 2.24) is 4.90 Å². The molecule has 0 N–H and O–H groups in total. The van der Waals surface area contributed by atoms with Crippen LogP contribution in [0, 0.1) is 5.92 Å². The lowest BCUT2D eigenvalue weighted by Crippen LogP contribution is -2.41. The molecule has 0 spiro atoms. The van der Waals surface area contributed by atoms with Crippen LogP contribution >= 0.6 is 11.6 Å². The molecule has 3 nitrogen and oxygen atoms in total. The van der Waals surface area contributed by atoms with E-state index in [2.05, 4.69) is 12.2 Å². The molecule has 2 rings (SSSR count). The second-order valence-corrected chi connectivity index (χ2v) is 7.15. The number of hydrogen-bond acceptors (Lipinski definition) is 2. The van der Waals surface area contributed by atoms with Gasteiger partial charge in [-0.2, -0.15) is 0 Å². The maximum absolute atomic E-state index is 12.0. The zero-order valence-corrected chi connectivity index (χ0v) is 14.3. The van der Waals surface area contributed by atoms with Gasteiger partial charge in [-0.15, -0.1) is 0 Å². The average molecular weight is 322 g/mol. The summed E-state index contributed by atoms with van der Waals surface area (Å²) in [6.45, 7) is 7.20. The van der Waals surface area contributed by atoms with Gasteiger partial charge in [-0.05, 0) is 57.2 Å². The van der Waals surface area contributed by atoms with Gasteiger partial charge in [0.2, 0.25) is 0 Å². The minimum Gasteiger partial charge on any atom is -0.444 e. The Morgan fingerprint density at radius 3 is 2.36 bits per heavy atom. The molecule has 0 saturated carbocycles. The Morgan fingerprint density at radius 1 is 1.23 bits per heavy atom. The van der Waals surface area contributed by atoms with E-state index in [-0.39, 0.29) is 6.09 Å². The topological polar surface area (TPSA) is 29.5 Å². The smallest absolute Gasteiger partial charge is 0.410 e. The number of likely N-dealkylation sites (tertiary alicyclic amines) is 1. The molecule has 0 atom stereocenters. The van der Waals surface area contributed by atoms with E-state index in [0.717, 1.165) is 36.5 Å². The Hall–Kier alpha value is -1.48. The Balaban J connectivity index is 1.82. The van der Waals surface area contributed by atoms with Gasteiger partial charge in [0.1, 0.15) is 5.60 Å². The van der Waals surface area contributed by atoms with Crippen LogP contribution in [-0.4, -0.2) is 29.7 Å². The second kappa shape index (κ2) is 7.19. The van der Waals surface area contributed by atoms with E-state index < -0.39 is 5.60 Å². The van der Waals surface area contributed by atoms with Gasteiger partial charge in [0.05, 0.1) is 0 Å². The lowest BCUT2D eigenvalue weighted by Gasteiger charge is -2.32. The van der Waals surface area contributed by atoms with Crippen molar-refractivity contribution in [2.45, 2.75) is 39.2 Å². The van der Waals surface area contributed by atoms with Gasteiger partial charge in [0.25, 0.3) is 0 Å². The number of carbonyl (C=O) groups excluding carboxylic acids is 1. The number of allylic oxidation sites excluding steroid dienone is 1. The minimum absolute atomic E-state index is 0.201. The first-order valence-corrected chi connectivity index (χ1v) is 8.13. The van der Waals surface area contributed by atoms with Crippen molar-refractivity contribution in [3.05, 3.63) is 40.9 Å². The van der Waals surface area contributed by atoms with Crippen LogP contribution in [0.5, 0.6) is 0 Å². The maximum atomic E-state index is 12.0. The van der Waals surface area contributed by atoms with Crippen molar-refractivity contribution in [3.63, 3.8) is 0 Å². The highest BCUT2D eigenvalue weighted by Crippen LogP contribution is 2.22. The molecule has 1 fully saturated rings. The van der Waals surface area contributed by atoms with Crippen molar-refractivity contribution in [3.8, 4) is 0 Å². The fourth-order valence-electron chi connectivity index (χ4n) is 2.42. The first kappa shape index (κ1) is 16.9. The van der Waals surface area contributed by atoms with Crippen LogP contribution in [0.15, 0.2) is 30.3 Å². The monoisotopic (exact) mass is 321 g/mol. The highest BCUT2D eigenvalue weighted by atomic mass is 35.5. The highest BCUT2D eigenvalue weighted by molar-refractivity contribution is 6.30. The third-order valence-electron chi connectivity index (χ3n) is 3.62. The molecule has 1 aromatic rings. The van der Waals surface area contributed by atoms with Crippen LogP contribution in [0.3, 0.4) is 0 Å². The van der Waals surface area contributed by atoms with Gasteiger partial charge in [-0.1, -0.05) is 35.9 Å². The second-order valence-electron chi connectivity index (χ2n) is 6.72. The lowest BCUT2D eigenvalue weighted by atomic mass is 9.96. The number of halogens is 1. The van der Waals surface area contributed by atoms with E-state index in [1.807, 2.05) is 45.0 Å². The molecular formula is C18H24ClNO2. The summed E-state index contributed by atoms with van der Waals surface area (Å²) in [5.74, 6) is 0.509. The zero-order valence-electron chi connectivity index (χ0n) is 13.5. The fraction of sp³-hybridized carbons (Fsp3) is 0.500. The normalized spacial score (nSPS) is 17.0. The summed E-state index contributed by atoms with van der Waals surface area (Å²) in [5, 5.41) is 0.753. The summed E-state index contributed by atoms with van der Waals surface area (Å²) < 4.78 is 5.41. The quantitative estimate of drug-likeness (QED) is 0.767. The molecule has 1 amide bonds. The number of nitrogens with zero attached hydrogens (tertiary/aromatic N) is 1. The third-order valence-corrected chi connectivity index (χ3v) is 3.87.